The number of hydrogen-bond donors (Lipinski definition) is 2. The maximum Gasteiger partial charge on any atom is 0.241 e. The third-order valence-electron chi connectivity index (χ3n) is 2.73. The van der Waals surface area contributed by atoms with Crippen LogP contribution in [0.25, 0.3) is 0 Å². The van der Waals surface area contributed by atoms with Gasteiger partial charge in [0.25, 0.3) is 0 Å². The van der Waals surface area contributed by atoms with E-state index in [-0.39, 0.29) is 5.91 Å². The molecule has 0 radical (unpaired) electrons. The third-order valence-corrected chi connectivity index (χ3v) is 2.96. The summed E-state index contributed by atoms with van der Waals surface area (Å²) < 4.78 is 0. The summed E-state index contributed by atoms with van der Waals surface area (Å²) in [4.78, 5) is 11.9. The molecule has 19 heavy (non-hydrogen) atoms. The maximum atomic E-state index is 11.9. The molecule has 3 nitrogen and oxygen atoms in total. The predicted octanol–water partition coefficient (Wildman–Crippen LogP) is 2.85. The summed E-state index contributed by atoms with van der Waals surface area (Å²) >= 11 is 5.86. The summed E-state index contributed by atoms with van der Waals surface area (Å²) in [7, 11) is 0. The van der Waals surface area contributed by atoms with Crippen LogP contribution in [0.15, 0.2) is 54.6 Å². The van der Waals surface area contributed by atoms with Crippen molar-refractivity contribution < 1.29 is 4.79 Å². The summed E-state index contributed by atoms with van der Waals surface area (Å²) in [5, 5.41) is 3.33. The Morgan fingerprint density at radius 3 is 2.58 bits per heavy atom. The molecule has 2 aromatic carbocycles. The summed E-state index contributed by atoms with van der Waals surface area (Å²) in [5.74, 6) is -0.217. The first kappa shape index (κ1) is 13.6. The number of benzene rings is 2. The topological polar surface area (TPSA) is 55.1 Å². The number of hydrogen-bond acceptors (Lipinski definition) is 2. The number of nitrogens with two attached hydrogens (primary N) is 1. The molecule has 1 amide bonds. The van der Waals surface area contributed by atoms with Crippen LogP contribution in [0.3, 0.4) is 0 Å². The molecular weight excluding hydrogens is 260 g/mol. The van der Waals surface area contributed by atoms with E-state index in [2.05, 4.69) is 5.32 Å². The van der Waals surface area contributed by atoms with Crippen LogP contribution < -0.4 is 11.1 Å². The maximum absolute atomic E-state index is 11.9. The molecule has 0 spiro atoms. The van der Waals surface area contributed by atoms with Gasteiger partial charge in [-0.3, -0.25) is 4.79 Å². The first-order chi connectivity index (χ1) is 9.15. The molecule has 0 heterocycles. The fourth-order valence-corrected chi connectivity index (χ4v) is 1.95. The van der Waals surface area contributed by atoms with Gasteiger partial charge in [0.2, 0.25) is 5.91 Å². The van der Waals surface area contributed by atoms with Crippen LogP contribution in [0.2, 0.25) is 5.02 Å². The van der Waals surface area contributed by atoms with Gasteiger partial charge in [0.05, 0.1) is 6.04 Å². The molecule has 0 bridgehead atoms. The van der Waals surface area contributed by atoms with Gasteiger partial charge in [0, 0.05) is 10.7 Å². The standard InChI is InChI=1S/C15H15ClN2O/c16-12-7-4-8-13(10-12)18-15(19)14(17)9-11-5-2-1-3-6-11/h1-8,10,14H,9,17H2,(H,18,19)/t14-/m1/s1. The smallest absolute Gasteiger partial charge is 0.241 e. The van der Waals surface area contributed by atoms with Gasteiger partial charge in [-0.1, -0.05) is 48.0 Å². The zero-order valence-corrected chi connectivity index (χ0v) is 11.1. The molecule has 3 N–H and O–H groups in total. The highest BCUT2D eigenvalue weighted by Crippen LogP contribution is 2.15. The van der Waals surface area contributed by atoms with E-state index in [1.54, 1.807) is 24.3 Å². The van der Waals surface area contributed by atoms with E-state index in [1.807, 2.05) is 30.3 Å². The van der Waals surface area contributed by atoms with Crippen molar-refractivity contribution in [1.82, 2.24) is 0 Å². The molecule has 2 aromatic rings. The van der Waals surface area contributed by atoms with Gasteiger partial charge < -0.3 is 11.1 Å². The highest BCUT2D eigenvalue weighted by molar-refractivity contribution is 6.30. The van der Waals surface area contributed by atoms with Gasteiger partial charge >= 0.3 is 0 Å². The van der Waals surface area contributed by atoms with Gasteiger partial charge in [-0.2, -0.15) is 0 Å². The van der Waals surface area contributed by atoms with Crippen LogP contribution in [-0.2, 0) is 11.2 Å². The lowest BCUT2D eigenvalue weighted by Gasteiger charge is -2.12. The highest BCUT2D eigenvalue weighted by atomic mass is 35.5. The average Bonchev–Trinajstić information content (AvgIpc) is 2.40. The Kier molecular flexibility index (Phi) is 4.55. The molecule has 1 atom stereocenters. The van der Waals surface area contributed by atoms with Crippen LogP contribution in [0, 0.1) is 0 Å². The number of anilines is 1. The SMILES string of the molecule is N[C@H](Cc1ccccc1)C(=O)Nc1cccc(Cl)c1. The molecule has 0 aliphatic heterocycles. The van der Waals surface area contributed by atoms with Crippen LogP contribution in [-0.4, -0.2) is 11.9 Å². The average molecular weight is 275 g/mol. The summed E-state index contributed by atoms with van der Waals surface area (Å²) in [5.41, 5.74) is 7.58. The zero-order chi connectivity index (χ0) is 13.7. The third kappa shape index (κ3) is 4.09. The Morgan fingerprint density at radius 2 is 1.89 bits per heavy atom. The second kappa shape index (κ2) is 6.36. The molecule has 0 aliphatic carbocycles. The largest absolute Gasteiger partial charge is 0.325 e. The molecule has 0 aliphatic rings. The van der Waals surface area contributed by atoms with E-state index in [4.69, 9.17) is 17.3 Å². The Labute approximate surface area is 117 Å². The first-order valence-electron chi connectivity index (χ1n) is 6.01. The van der Waals surface area contributed by atoms with Crippen molar-refractivity contribution in [3.63, 3.8) is 0 Å². The number of nitrogens with one attached hydrogen (secondary N) is 1. The van der Waals surface area contributed by atoms with Crippen molar-refractivity contribution in [2.24, 2.45) is 5.73 Å². The molecule has 2 rings (SSSR count). The van der Waals surface area contributed by atoms with E-state index in [9.17, 15) is 4.79 Å². The summed E-state index contributed by atoms with van der Waals surface area (Å²) in [6.45, 7) is 0. The van der Waals surface area contributed by atoms with Gasteiger partial charge in [0.1, 0.15) is 0 Å². The van der Waals surface area contributed by atoms with Gasteiger partial charge in [0.15, 0.2) is 0 Å². The molecule has 0 unspecified atom stereocenters. The molecule has 0 saturated heterocycles. The van der Waals surface area contributed by atoms with E-state index < -0.39 is 6.04 Å². The number of carbonyl (C=O) groups excluding carboxylic acids is 1. The first-order valence-corrected chi connectivity index (χ1v) is 6.39. The zero-order valence-electron chi connectivity index (χ0n) is 10.3. The van der Waals surface area contributed by atoms with Crippen molar-refractivity contribution in [2.45, 2.75) is 12.5 Å². The van der Waals surface area contributed by atoms with Crippen molar-refractivity contribution in [1.29, 1.82) is 0 Å². The van der Waals surface area contributed by atoms with Crippen molar-refractivity contribution in [3.05, 3.63) is 65.2 Å². The second-order valence-corrected chi connectivity index (χ2v) is 4.73. The minimum Gasteiger partial charge on any atom is -0.325 e. The Bertz CT molecular complexity index is 557. The lowest BCUT2D eigenvalue weighted by atomic mass is 10.1. The lowest BCUT2D eigenvalue weighted by molar-refractivity contribution is -0.117. The summed E-state index contributed by atoms with van der Waals surface area (Å²) in [6.07, 6.45) is 0.507. The second-order valence-electron chi connectivity index (χ2n) is 4.30. The van der Waals surface area contributed by atoms with E-state index in [1.165, 1.54) is 0 Å². The van der Waals surface area contributed by atoms with Crippen LogP contribution in [0.4, 0.5) is 5.69 Å². The molecule has 4 heteroatoms. The van der Waals surface area contributed by atoms with E-state index in [0.29, 0.717) is 17.1 Å². The summed E-state index contributed by atoms with van der Waals surface area (Å²) in [6, 6.07) is 16.1. The lowest BCUT2D eigenvalue weighted by Crippen LogP contribution is -2.37. The van der Waals surface area contributed by atoms with E-state index in [0.717, 1.165) is 5.56 Å². The van der Waals surface area contributed by atoms with Crippen molar-refractivity contribution in [3.8, 4) is 0 Å². The fourth-order valence-electron chi connectivity index (χ4n) is 1.76. The van der Waals surface area contributed by atoms with Crippen LogP contribution >= 0.6 is 11.6 Å². The molecule has 98 valence electrons. The van der Waals surface area contributed by atoms with Crippen LogP contribution in [0.1, 0.15) is 5.56 Å². The van der Waals surface area contributed by atoms with Crippen molar-refractivity contribution >= 4 is 23.2 Å². The fraction of sp³-hybridized carbons (Fsp3) is 0.133. The predicted molar refractivity (Wildman–Crippen MR) is 78.2 cm³/mol. The van der Waals surface area contributed by atoms with Crippen molar-refractivity contribution in [2.75, 3.05) is 5.32 Å². The quantitative estimate of drug-likeness (QED) is 0.901. The molecular formula is C15H15ClN2O. The number of halogens is 1. The molecule has 0 fully saturated rings. The number of carbonyl (C=O) groups is 1. The minimum atomic E-state index is -0.582. The Hall–Kier alpha value is -1.84. The van der Waals surface area contributed by atoms with E-state index >= 15 is 0 Å². The number of amides is 1. The highest BCUT2D eigenvalue weighted by Gasteiger charge is 2.14. The monoisotopic (exact) mass is 274 g/mol. The molecule has 0 aromatic heterocycles. The number of rotatable bonds is 4. The van der Waals surface area contributed by atoms with Gasteiger partial charge in [-0.15, -0.1) is 0 Å². The van der Waals surface area contributed by atoms with Gasteiger partial charge in [-0.05, 0) is 30.2 Å². The minimum absolute atomic E-state index is 0.217. The molecule has 0 saturated carbocycles. The Balaban J connectivity index is 1.96. The normalized spacial score (nSPS) is 11.9. The van der Waals surface area contributed by atoms with Crippen LogP contribution in [0.5, 0.6) is 0 Å². The Morgan fingerprint density at radius 1 is 1.16 bits per heavy atom. The van der Waals surface area contributed by atoms with Gasteiger partial charge in [-0.25, -0.2) is 0 Å².